The van der Waals surface area contributed by atoms with E-state index in [9.17, 15) is 4.79 Å². The second-order valence-electron chi connectivity index (χ2n) is 5.74. The Morgan fingerprint density at radius 1 is 1.44 bits per heavy atom. The van der Waals surface area contributed by atoms with E-state index in [1.54, 1.807) is 0 Å². The first-order valence-electron chi connectivity index (χ1n) is 6.20. The standard InChI is InChI=1S/C12H25N3O/c1-12(2,3)10(7-8-13)15-11(16)14-9-5-4-6-9/h9-10H,4-8,13H2,1-3H3,(H2,14,15,16). The minimum Gasteiger partial charge on any atom is -0.335 e. The zero-order valence-corrected chi connectivity index (χ0v) is 10.7. The fourth-order valence-electron chi connectivity index (χ4n) is 1.83. The lowest BCUT2D eigenvalue weighted by molar-refractivity contribution is 0.205. The van der Waals surface area contributed by atoms with Gasteiger partial charge in [-0.25, -0.2) is 4.79 Å². The third kappa shape index (κ3) is 4.00. The Labute approximate surface area is 98.3 Å². The van der Waals surface area contributed by atoms with Crippen LogP contribution >= 0.6 is 0 Å². The molecule has 16 heavy (non-hydrogen) atoms. The molecule has 0 aromatic rings. The number of carbonyl (C=O) groups is 1. The Morgan fingerprint density at radius 3 is 2.44 bits per heavy atom. The Hall–Kier alpha value is -0.770. The van der Waals surface area contributed by atoms with Crippen LogP contribution in [-0.4, -0.2) is 24.7 Å². The lowest BCUT2D eigenvalue weighted by Gasteiger charge is -2.33. The lowest BCUT2D eigenvalue weighted by Crippen LogP contribution is -2.52. The smallest absolute Gasteiger partial charge is 0.315 e. The van der Waals surface area contributed by atoms with Crippen LogP contribution in [0.2, 0.25) is 0 Å². The summed E-state index contributed by atoms with van der Waals surface area (Å²) in [5.41, 5.74) is 5.62. The van der Waals surface area contributed by atoms with Crippen molar-refractivity contribution in [2.45, 2.75) is 58.5 Å². The van der Waals surface area contributed by atoms with Crippen molar-refractivity contribution in [2.24, 2.45) is 11.1 Å². The van der Waals surface area contributed by atoms with Crippen molar-refractivity contribution < 1.29 is 4.79 Å². The van der Waals surface area contributed by atoms with Crippen LogP contribution in [0.1, 0.15) is 46.5 Å². The Morgan fingerprint density at radius 2 is 2.06 bits per heavy atom. The van der Waals surface area contributed by atoms with Gasteiger partial charge in [-0.1, -0.05) is 20.8 Å². The number of urea groups is 1. The van der Waals surface area contributed by atoms with E-state index >= 15 is 0 Å². The molecule has 0 heterocycles. The predicted molar refractivity (Wildman–Crippen MR) is 66.2 cm³/mol. The van der Waals surface area contributed by atoms with Crippen molar-refractivity contribution in [3.8, 4) is 0 Å². The molecule has 0 aliphatic heterocycles. The first kappa shape index (κ1) is 13.3. The second kappa shape index (κ2) is 5.53. The van der Waals surface area contributed by atoms with Gasteiger partial charge in [0.1, 0.15) is 0 Å². The van der Waals surface area contributed by atoms with Crippen molar-refractivity contribution in [1.29, 1.82) is 0 Å². The summed E-state index contributed by atoms with van der Waals surface area (Å²) in [5.74, 6) is 0. The van der Waals surface area contributed by atoms with E-state index in [2.05, 4.69) is 31.4 Å². The van der Waals surface area contributed by atoms with Gasteiger partial charge in [0.15, 0.2) is 0 Å². The van der Waals surface area contributed by atoms with Gasteiger partial charge in [-0.05, 0) is 37.6 Å². The van der Waals surface area contributed by atoms with Crippen LogP contribution < -0.4 is 16.4 Å². The molecule has 0 bridgehead atoms. The first-order valence-corrected chi connectivity index (χ1v) is 6.20. The van der Waals surface area contributed by atoms with Crippen LogP contribution in [0, 0.1) is 5.41 Å². The fourth-order valence-corrected chi connectivity index (χ4v) is 1.83. The van der Waals surface area contributed by atoms with E-state index in [4.69, 9.17) is 5.73 Å². The largest absolute Gasteiger partial charge is 0.335 e. The van der Waals surface area contributed by atoms with Gasteiger partial charge >= 0.3 is 6.03 Å². The molecule has 2 amide bonds. The molecule has 1 atom stereocenters. The first-order chi connectivity index (χ1) is 7.43. The molecular weight excluding hydrogens is 202 g/mol. The lowest BCUT2D eigenvalue weighted by atomic mass is 9.85. The average molecular weight is 227 g/mol. The van der Waals surface area contributed by atoms with Crippen LogP contribution in [-0.2, 0) is 0 Å². The maximum Gasteiger partial charge on any atom is 0.315 e. The Kier molecular flexibility index (Phi) is 4.59. The molecule has 1 rings (SSSR count). The average Bonchev–Trinajstić information content (AvgIpc) is 2.09. The third-order valence-corrected chi connectivity index (χ3v) is 3.25. The maximum atomic E-state index is 11.7. The van der Waals surface area contributed by atoms with Crippen LogP contribution in [0.5, 0.6) is 0 Å². The minimum absolute atomic E-state index is 0.0434. The van der Waals surface area contributed by atoms with E-state index in [1.807, 2.05) is 0 Å². The Bertz CT molecular complexity index is 231. The third-order valence-electron chi connectivity index (χ3n) is 3.25. The van der Waals surface area contributed by atoms with E-state index in [-0.39, 0.29) is 17.5 Å². The summed E-state index contributed by atoms with van der Waals surface area (Å²) in [4.78, 5) is 11.7. The van der Waals surface area contributed by atoms with E-state index < -0.39 is 0 Å². The monoisotopic (exact) mass is 227 g/mol. The zero-order valence-electron chi connectivity index (χ0n) is 10.7. The number of carbonyl (C=O) groups excluding carboxylic acids is 1. The molecule has 0 spiro atoms. The molecule has 0 radical (unpaired) electrons. The number of hydrogen-bond acceptors (Lipinski definition) is 2. The SMILES string of the molecule is CC(C)(C)C(CCN)NC(=O)NC1CCC1. The quantitative estimate of drug-likeness (QED) is 0.683. The molecular formula is C12H25N3O. The summed E-state index contributed by atoms with van der Waals surface area (Å²) >= 11 is 0. The van der Waals surface area contributed by atoms with E-state index in [1.165, 1.54) is 6.42 Å². The highest BCUT2D eigenvalue weighted by Crippen LogP contribution is 2.22. The van der Waals surface area contributed by atoms with Crippen molar-refractivity contribution in [3.63, 3.8) is 0 Å². The van der Waals surface area contributed by atoms with Gasteiger partial charge < -0.3 is 16.4 Å². The van der Waals surface area contributed by atoms with Gasteiger partial charge in [0, 0.05) is 12.1 Å². The molecule has 94 valence electrons. The highest BCUT2D eigenvalue weighted by Gasteiger charge is 2.27. The summed E-state index contributed by atoms with van der Waals surface area (Å²) < 4.78 is 0. The van der Waals surface area contributed by atoms with Crippen LogP contribution in [0.25, 0.3) is 0 Å². The summed E-state index contributed by atoms with van der Waals surface area (Å²) in [7, 11) is 0. The Balaban J connectivity index is 2.37. The van der Waals surface area contributed by atoms with E-state index in [0.717, 1.165) is 19.3 Å². The maximum absolute atomic E-state index is 11.7. The molecule has 1 fully saturated rings. The molecule has 1 aliphatic carbocycles. The number of rotatable bonds is 4. The summed E-state index contributed by atoms with van der Waals surface area (Å²) in [6.07, 6.45) is 4.28. The minimum atomic E-state index is -0.0434. The van der Waals surface area contributed by atoms with Gasteiger partial charge in [-0.2, -0.15) is 0 Å². The molecule has 0 saturated heterocycles. The van der Waals surface area contributed by atoms with Gasteiger partial charge in [0.2, 0.25) is 0 Å². The molecule has 4 nitrogen and oxygen atoms in total. The normalized spacial score (nSPS) is 18.8. The topological polar surface area (TPSA) is 67.1 Å². The number of amides is 2. The van der Waals surface area contributed by atoms with Crippen LogP contribution in [0.15, 0.2) is 0 Å². The van der Waals surface area contributed by atoms with Crippen molar-refractivity contribution in [1.82, 2.24) is 10.6 Å². The van der Waals surface area contributed by atoms with Gasteiger partial charge in [0.05, 0.1) is 0 Å². The van der Waals surface area contributed by atoms with Gasteiger partial charge in [-0.15, -0.1) is 0 Å². The predicted octanol–water partition coefficient (Wildman–Crippen LogP) is 1.60. The van der Waals surface area contributed by atoms with Crippen molar-refractivity contribution in [3.05, 3.63) is 0 Å². The highest BCUT2D eigenvalue weighted by molar-refractivity contribution is 5.74. The second-order valence-corrected chi connectivity index (χ2v) is 5.74. The molecule has 1 unspecified atom stereocenters. The van der Waals surface area contributed by atoms with Gasteiger partial charge in [-0.3, -0.25) is 0 Å². The highest BCUT2D eigenvalue weighted by atomic mass is 16.2. The van der Waals surface area contributed by atoms with Crippen LogP contribution in [0.3, 0.4) is 0 Å². The summed E-state index contributed by atoms with van der Waals surface area (Å²) in [6, 6.07) is 0.481. The van der Waals surface area contributed by atoms with Crippen molar-refractivity contribution in [2.75, 3.05) is 6.54 Å². The molecule has 0 aromatic heterocycles. The van der Waals surface area contributed by atoms with Crippen LogP contribution in [0.4, 0.5) is 4.79 Å². The van der Waals surface area contributed by atoms with Crippen molar-refractivity contribution >= 4 is 6.03 Å². The van der Waals surface area contributed by atoms with E-state index in [0.29, 0.717) is 12.6 Å². The molecule has 1 aliphatic rings. The molecule has 1 saturated carbocycles. The molecule has 4 N–H and O–H groups in total. The molecule has 0 aromatic carbocycles. The summed E-state index contributed by atoms with van der Waals surface area (Å²) in [6.45, 7) is 6.97. The number of nitrogens with one attached hydrogen (secondary N) is 2. The fraction of sp³-hybridized carbons (Fsp3) is 0.917. The number of hydrogen-bond donors (Lipinski definition) is 3. The molecule has 4 heteroatoms. The number of nitrogens with two attached hydrogens (primary N) is 1. The van der Waals surface area contributed by atoms with Gasteiger partial charge in [0.25, 0.3) is 0 Å². The summed E-state index contributed by atoms with van der Waals surface area (Å²) in [5, 5.41) is 6.01. The zero-order chi connectivity index (χ0) is 12.2.